The number of nitro groups is 1. The fourth-order valence-electron chi connectivity index (χ4n) is 1.67. The Bertz CT molecular complexity index is 580. The Labute approximate surface area is 108 Å². The molecule has 0 aliphatic rings. The van der Waals surface area contributed by atoms with E-state index in [1.807, 2.05) is 17.7 Å². The van der Waals surface area contributed by atoms with Gasteiger partial charge in [-0.2, -0.15) is 11.3 Å². The van der Waals surface area contributed by atoms with Gasteiger partial charge in [-0.3, -0.25) is 10.1 Å². The summed E-state index contributed by atoms with van der Waals surface area (Å²) in [5.41, 5.74) is 8.50. The smallest absolute Gasteiger partial charge is 0.314 e. The summed E-state index contributed by atoms with van der Waals surface area (Å²) < 4.78 is 0. The van der Waals surface area contributed by atoms with Crippen LogP contribution in [-0.2, 0) is 6.54 Å². The molecule has 2 aromatic rings. The average Bonchev–Trinajstić information content (AvgIpc) is 2.71. The van der Waals surface area contributed by atoms with Gasteiger partial charge >= 0.3 is 5.69 Å². The number of hydrogen-bond donors (Lipinski definition) is 2. The normalized spacial score (nSPS) is 10.3. The number of aryl methyl sites for hydroxylation is 1. The molecule has 1 aromatic carbocycles. The topological polar surface area (TPSA) is 81.2 Å². The Morgan fingerprint density at radius 2 is 2.22 bits per heavy atom. The van der Waals surface area contributed by atoms with E-state index in [4.69, 9.17) is 5.73 Å². The lowest BCUT2D eigenvalue weighted by atomic mass is 10.2. The van der Waals surface area contributed by atoms with E-state index in [9.17, 15) is 10.1 Å². The SMILES string of the molecule is Cc1cscc1CNc1cccc(N)c1[N+](=O)[O-]. The number of thiophene rings is 1. The van der Waals surface area contributed by atoms with Gasteiger partial charge in [-0.1, -0.05) is 6.07 Å². The Hall–Kier alpha value is -2.08. The van der Waals surface area contributed by atoms with E-state index in [2.05, 4.69) is 5.32 Å². The second-order valence-corrected chi connectivity index (χ2v) is 4.68. The van der Waals surface area contributed by atoms with Crippen LogP contribution in [0.4, 0.5) is 17.1 Å². The van der Waals surface area contributed by atoms with E-state index in [1.165, 1.54) is 11.6 Å². The van der Waals surface area contributed by atoms with Crippen molar-refractivity contribution in [2.75, 3.05) is 11.1 Å². The van der Waals surface area contributed by atoms with Gasteiger partial charge in [-0.15, -0.1) is 0 Å². The molecule has 0 aliphatic heterocycles. The zero-order valence-electron chi connectivity index (χ0n) is 9.84. The molecular formula is C12H13N3O2S. The zero-order valence-corrected chi connectivity index (χ0v) is 10.7. The molecule has 0 radical (unpaired) electrons. The highest BCUT2D eigenvalue weighted by atomic mass is 32.1. The summed E-state index contributed by atoms with van der Waals surface area (Å²) in [7, 11) is 0. The number of anilines is 2. The number of nitrogen functional groups attached to an aromatic ring is 1. The first-order valence-corrected chi connectivity index (χ1v) is 6.32. The molecule has 0 saturated carbocycles. The summed E-state index contributed by atoms with van der Waals surface area (Å²) in [6, 6.07) is 4.89. The molecule has 0 atom stereocenters. The van der Waals surface area contributed by atoms with Crippen molar-refractivity contribution in [3.05, 3.63) is 50.2 Å². The Morgan fingerprint density at radius 1 is 1.44 bits per heavy atom. The molecular weight excluding hydrogens is 250 g/mol. The van der Waals surface area contributed by atoms with Gasteiger partial charge in [-0.05, 0) is 40.9 Å². The Kier molecular flexibility index (Phi) is 3.47. The van der Waals surface area contributed by atoms with E-state index in [0.29, 0.717) is 12.2 Å². The first kappa shape index (κ1) is 12.4. The monoisotopic (exact) mass is 263 g/mol. The van der Waals surface area contributed by atoms with E-state index in [1.54, 1.807) is 23.5 Å². The number of nitrogens with one attached hydrogen (secondary N) is 1. The molecule has 94 valence electrons. The number of benzene rings is 1. The number of nitrogens with zero attached hydrogens (tertiary/aromatic N) is 1. The molecule has 5 nitrogen and oxygen atoms in total. The van der Waals surface area contributed by atoms with Gasteiger partial charge in [0.25, 0.3) is 0 Å². The summed E-state index contributed by atoms with van der Waals surface area (Å²) in [5, 5.41) is 18.1. The maximum atomic E-state index is 11.0. The van der Waals surface area contributed by atoms with Crippen LogP contribution in [0, 0.1) is 17.0 Å². The first-order chi connectivity index (χ1) is 8.59. The molecule has 0 saturated heterocycles. The van der Waals surface area contributed by atoms with Gasteiger partial charge in [0, 0.05) is 6.54 Å². The molecule has 0 unspecified atom stereocenters. The molecule has 2 rings (SSSR count). The Morgan fingerprint density at radius 3 is 2.83 bits per heavy atom. The largest absolute Gasteiger partial charge is 0.393 e. The predicted octanol–water partition coefficient (Wildman–Crippen LogP) is 3.16. The number of para-hydroxylation sites is 1. The van der Waals surface area contributed by atoms with Crippen LogP contribution in [0.3, 0.4) is 0 Å². The summed E-state index contributed by atoms with van der Waals surface area (Å²) >= 11 is 1.62. The predicted molar refractivity (Wildman–Crippen MR) is 73.9 cm³/mol. The van der Waals surface area contributed by atoms with Crippen LogP contribution in [-0.4, -0.2) is 4.92 Å². The van der Waals surface area contributed by atoms with Crippen LogP contribution in [0.1, 0.15) is 11.1 Å². The van der Waals surface area contributed by atoms with Crippen molar-refractivity contribution in [3.8, 4) is 0 Å². The average molecular weight is 263 g/mol. The third-order valence-electron chi connectivity index (χ3n) is 2.68. The van der Waals surface area contributed by atoms with Gasteiger partial charge in [-0.25, -0.2) is 0 Å². The second kappa shape index (κ2) is 5.05. The van der Waals surface area contributed by atoms with Gasteiger partial charge in [0.1, 0.15) is 11.4 Å². The third kappa shape index (κ3) is 2.43. The van der Waals surface area contributed by atoms with Crippen molar-refractivity contribution in [2.24, 2.45) is 0 Å². The molecule has 0 spiro atoms. The molecule has 0 aliphatic carbocycles. The first-order valence-electron chi connectivity index (χ1n) is 5.38. The fraction of sp³-hybridized carbons (Fsp3) is 0.167. The van der Waals surface area contributed by atoms with Gasteiger partial charge in [0.2, 0.25) is 0 Å². The van der Waals surface area contributed by atoms with Crippen molar-refractivity contribution in [1.29, 1.82) is 0 Å². The third-order valence-corrected chi connectivity index (χ3v) is 3.59. The number of hydrogen-bond acceptors (Lipinski definition) is 5. The van der Waals surface area contributed by atoms with E-state index in [-0.39, 0.29) is 11.4 Å². The number of rotatable bonds is 4. The molecule has 6 heteroatoms. The van der Waals surface area contributed by atoms with Crippen LogP contribution in [0.2, 0.25) is 0 Å². The van der Waals surface area contributed by atoms with Gasteiger partial charge < -0.3 is 11.1 Å². The standard InChI is InChI=1S/C12H13N3O2S/c1-8-6-18-7-9(8)5-14-11-4-2-3-10(13)12(11)15(16)17/h2-4,6-7,14H,5,13H2,1H3. The van der Waals surface area contributed by atoms with Gasteiger partial charge in [0.05, 0.1) is 4.92 Å². The molecule has 0 amide bonds. The summed E-state index contributed by atoms with van der Waals surface area (Å²) in [5.74, 6) is 0. The van der Waals surface area contributed by atoms with E-state index >= 15 is 0 Å². The van der Waals surface area contributed by atoms with E-state index < -0.39 is 4.92 Å². The Balaban J connectivity index is 2.22. The minimum absolute atomic E-state index is 0.0645. The molecule has 0 bridgehead atoms. The lowest BCUT2D eigenvalue weighted by Gasteiger charge is -2.08. The minimum atomic E-state index is -0.460. The van der Waals surface area contributed by atoms with Crippen LogP contribution in [0.25, 0.3) is 0 Å². The second-order valence-electron chi connectivity index (χ2n) is 3.93. The van der Waals surface area contributed by atoms with Gasteiger partial charge in [0.15, 0.2) is 0 Å². The molecule has 3 N–H and O–H groups in total. The quantitative estimate of drug-likeness (QED) is 0.504. The highest BCUT2D eigenvalue weighted by Crippen LogP contribution is 2.31. The van der Waals surface area contributed by atoms with Crippen LogP contribution in [0.15, 0.2) is 29.0 Å². The molecule has 1 heterocycles. The summed E-state index contributed by atoms with van der Waals surface area (Å²) in [6.45, 7) is 2.57. The highest BCUT2D eigenvalue weighted by Gasteiger charge is 2.17. The van der Waals surface area contributed by atoms with Crippen molar-refractivity contribution < 1.29 is 4.92 Å². The van der Waals surface area contributed by atoms with Crippen LogP contribution >= 0.6 is 11.3 Å². The van der Waals surface area contributed by atoms with Crippen molar-refractivity contribution in [3.63, 3.8) is 0 Å². The fourth-order valence-corrected chi connectivity index (χ4v) is 2.52. The van der Waals surface area contributed by atoms with E-state index in [0.717, 1.165) is 5.56 Å². The van der Waals surface area contributed by atoms with Crippen molar-refractivity contribution in [2.45, 2.75) is 13.5 Å². The summed E-state index contributed by atoms with van der Waals surface area (Å²) in [4.78, 5) is 10.5. The number of nitro benzene ring substituents is 1. The highest BCUT2D eigenvalue weighted by molar-refractivity contribution is 7.08. The maximum absolute atomic E-state index is 11.0. The molecule has 1 aromatic heterocycles. The molecule has 0 fully saturated rings. The van der Waals surface area contributed by atoms with Crippen LogP contribution in [0.5, 0.6) is 0 Å². The minimum Gasteiger partial charge on any atom is -0.393 e. The zero-order chi connectivity index (χ0) is 13.1. The maximum Gasteiger partial charge on any atom is 0.314 e. The van der Waals surface area contributed by atoms with Crippen molar-refractivity contribution in [1.82, 2.24) is 0 Å². The molecule has 18 heavy (non-hydrogen) atoms. The van der Waals surface area contributed by atoms with Crippen LogP contribution < -0.4 is 11.1 Å². The lowest BCUT2D eigenvalue weighted by molar-refractivity contribution is -0.383. The number of nitrogens with two attached hydrogens (primary N) is 1. The summed E-state index contributed by atoms with van der Waals surface area (Å²) in [6.07, 6.45) is 0. The van der Waals surface area contributed by atoms with Crippen molar-refractivity contribution >= 4 is 28.4 Å². The lowest BCUT2D eigenvalue weighted by Crippen LogP contribution is -2.04.